The van der Waals surface area contributed by atoms with Crippen molar-refractivity contribution in [2.75, 3.05) is 0 Å². The Balaban J connectivity index is 2.19. The van der Waals surface area contributed by atoms with E-state index in [1.807, 2.05) is 0 Å². The summed E-state index contributed by atoms with van der Waals surface area (Å²) in [5, 5.41) is 0. The van der Waals surface area contributed by atoms with Crippen LogP contribution in [0.2, 0.25) is 4.13 Å². The van der Waals surface area contributed by atoms with Crippen molar-refractivity contribution in [3.63, 3.8) is 0 Å². The van der Waals surface area contributed by atoms with E-state index in [-0.39, 0.29) is 0 Å². The molecule has 0 aliphatic heterocycles. The van der Waals surface area contributed by atoms with Crippen molar-refractivity contribution in [3.8, 4) is 0 Å². The molecular weight excluding hydrogens is 257 g/mol. The Hall–Kier alpha value is 0.883. The van der Waals surface area contributed by atoms with Crippen LogP contribution in [0, 0.1) is 0 Å². The Bertz CT molecular complexity index is 11.1. The second-order valence-corrected chi connectivity index (χ2v) is 2.82. The third kappa shape index (κ3) is 4.88. The summed E-state index contributed by atoms with van der Waals surface area (Å²) >= 11 is 1.56. The fourth-order valence-corrected chi connectivity index (χ4v) is 1.39. The van der Waals surface area contributed by atoms with Gasteiger partial charge in [-0.2, -0.15) is 0 Å². The van der Waals surface area contributed by atoms with Gasteiger partial charge >= 0.3 is 48.6 Å². The Morgan fingerprint density at radius 2 is 2.20 bits per heavy atom. The summed E-state index contributed by atoms with van der Waals surface area (Å²) in [6.45, 7) is 2.23. The molecule has 0 aromatic rings. The van der Waals surface area contributed by atoms with E-state index in [1.54, 1.807) is 24.7 Å². The zero-order chi connectivity index (χ0) is 4.12. The second-order valence-electron chi connectivity index (χ2n) is 1.08. The number of hydrogen-bond acceptors (Lipinski definition) is 0. The van der Waals surface area contributed by atoms with Crippen LogP contribution in [0.1, 0.15) is 19.8 Å². The predicted molar refractivity (Wildman–Crippen MR) is 25.5 cm³/mol. The molecule has 0 aliphatic carbocycles. The maximum absolute atomic E-state index is 2.23. The van der Waals surface area contributed by atoms with Gasteiger partial charge in [0.25, 0.3) is 0 Å². The Morgan fingerprint density at radius 1 is 1.60 bits per heavy atom. The van der Waals surface area contributed by atoms with Crippen molar-refractivity contribution in [3.05, 3.63) is 0 Å². The van der Waals surface area contributed by atoms with Crippen LogP contribution in [-0.2, 0) is 0 Å². The van der Waals surface area contributed by atoms with Crippen LogP contribution in [0.15, 0.2) is 0 Å². The van der Waals surface area contributed by atoms with Crippen molar-refractivity contribution in [2.45, 2.75) is 23.9 Å². The van der Waals surface area contributed by atoms with Crippen LogP contribution >= 0.6 is 0 Å². The summed E-state index contributed by atoms with van der Waals surface area (Å²) in [6.07, 6.45) is 2.81. The molecule has 0 nitrogen and oxygen atoms in total. The zero-order valence-corrected chi connectivity index (χ0v) is 7.05. The number of hydrogen-bond donors (Lipinski definition) is 0. The van der Waals surface area contributed by atoms with Crippen molar-refractivity contribution < 1.29 is 0 Å². The first-order valence-corrected chi connectivity index (χ1v) is 4.48. The molecule has 0 N–H and O–H groups in total. The van der Waals surface area contributed by atoms with E-state index < -0.39 is 0 Å². The van der Waals surface area contributed by atoms with Gasteiger partial charge in [0.05, 0.1) is 0 Å². The molecule has 30 valence electrons. The Kier molecular flexibility index (Phi) is 5.75. The summed E-state index contributed by atoms with van der Waals surface area (Å²) in [4.78, 5) is 0. The molecular formula is C4H9Bi. The molecule has 0 bridgehead atoms. The monoisotopic (exact) mass is 266 g/mol. The molecule has 0 aromatic carbocycles. The molecule has 2 radical (unpaired) electrons. The normalized spacial score (nSPS) is 8.40. The standard InChI is InChI=1S/C4H9.Bi/c1-3-4-2;/h1,3-4H2,2H3;. The molecule has 0 atom stereocenters. The summed E-state index contributed by atoms with van der Waals surface area (Å²) in [5.74, 6) is 0. The van der Waals surface area contributed by atoms with Gasteiger partial charge in [0.2, 0.25) is 0 Å². The molecule has 5 heavy (non-hydrogen) atoms. The third-order valence-corrected chi connectivity index (χ3v) is 1.74. The summed E-state index contributed by atoms with van der Waals surface area (Å²) in [5.41, 5.74) is 0. The van der Waals surface area contributed by atoms with Crippen molar-refractivity contribution in [1.29, 1.82) is 0 Å². The van der Waals surface area contributed by atoms with Gasteiger partial charge in [-0.3, -0.25) is 0 Å². The molecule has 0 fully saturated rings. The Labute approximate surface area is 48.8 Å². The first-order chi connectivity index (χ1) is 2.41. The van der Waals surface area contributed by atoms with Gasteiger partial charge in [-0.1, -0.05) is 0 Å². The fraction of sp³-hybridized carbons (Fsp3) is 1.00. The van der Waals surface area contributed by atoms with Crippen LogP contribution in [0.5, 0.6) is 0 Å². The average Bonchev–Trinajstić information content (AvgIpc) is 1.41. The van der Waals surface area contributed by atoms with E-state index in [4.69, 9.17) is 0 Å². The zero-order valence-electron chi connectivity index (χ0n) is 3.57. The minimum absolute atomic E-state index is 1.37. The molecule has 0 saturated carbocycles. The Morgan fingerprint density at radius 3 is 2.20 bits per heavy atom. The van der Waals surface area contributed by atoms with Crippen LogP contribution < -0.4 is 0 Å². The van der Waals surface area contributed by atoms with Gasteiger partial charge in [-0.25, -0.2) is 0 Å². The van der Waals surface area contributed by atoms with Crippen LogP contribution in [0.3, 0.4) is 0 Å². The van der Waals surface area contributed by atoms with Crippen molar-refractivity contribution >= 4 is 24.7 Å². The van der Waals surface area contributed by atoms with Gasteiger partial charge in [-0.05, 0) is 0 Å². The van der Waals surface area contributed by atoms with E-state index in [0.717, 1.165) is 0 Å². The van der Waals surface area contributed by atoms with E-state index in [1.165, 1.54) is 17.0 Å². The minimum atomic E-state index is 1.37. The first kappa shape index (κ1) is 5.88. The van der Waals surface area contributed by atoms with Gasteiger partial charge in [-0.15, -0.1) is 0 Å². The second kappa shape index (κ2) is 4.88. The van der Waals surface area contributed by atoms with Crippen LogP contribution in [-0.4, -0.2) is 24.7 Å². The molecule has 0 saturated heterocycles. The third-order valence-electron chi connectivity index (χ3n) is 0.512. The van der Waals surface area contributed by atoms with E-state index in [9.17, 15) is 0 Å². The van der Waals surface area contributed by atoms with Gasteiger partial charge < -0.3 is 0 Å². The van der Waals surface area contributed by atoms with Crippen LogP contribution in [0.25, 0.3) is 0 Å². The quantitative estimate of drug-likeness (QED) is 0.662. The molecule has 0 amide bonds. The fourth-order valence-electron chi connectivity index (χ4n) is 0.158. The van der Waals surface area contributed by atoms with Gasteiger partial charge in [0.15, 0.2) is 0 Å². The van der Waals surface area contributed by atoms with Crippen LogP contribution in [0.4, 0.5) is 0 Å². The SMILES string of the molecule is CCC[CH2][Bi]. The van der Waals surface area contributed by atoms with Gasteiger partial charge in [0, 0.05) is 0 Å². The maximum atomic E-state index is 2.23. The first-order valence-electron chi connectivity index (χ1n) is 2.02. The molecule has 0 aliphatic rings. The molecule has 0 rings (SSSR count). The summed E-state index contributed by atoms with van der Waals surface area (Å²) in [7, 11) is 0. The summed E-state index contributed by atoms with van der Waals surface area (Å²) < 4.78 is 1.45. The molecule has 1 heteroatoms. The number of unbranched alkanes of at least 4 members (excludes halogenated alkanes) is 1. The van der Waals surface area contributed by atoms with E-state index in [0.29, 0.717) is 0 Å². The molecule has 0 spiro atoms. The van der Waals surface area contributed by atoms with Crippen molar-refractivity contribution in [2.24, 2.45) is 0 Å². The predicted octanol–water partition coefficient (Wildman–Crippen LogP) is 1.37. The molecule has 0 aromatic heterocycles. The van der Waals surface area contributed by atoms with Gasteiger partial charge in [0.1, 0.15) is 0 Å². The topological polar surface area (TPSA) is 0 Å². The van der Waals surface area contributed by atoms with E-state index >= 15 is 0 Å². The number of rotatable bonds is 2. The molecule has 0 heterocycles. The average molecular weight is 266 g/mol. The molecule has 0 unspecified atom stereocenters. The van der Waals surface area contributed by atoms with Crippen molar-refractivity contribution in [1.82, 2.24) is 0 Å². The summed E-state index contributed by atoms with van der Waals surface area (Å²) in [6, 6.07) is 0. The van der Waals surface area contributed by atoms with E-state index in [2.05, 4.69) is 6.92 Å².